The van der Waals surface area contributed by atoms with Gasteiger partial charge in [0, 0.05) is 22.9 Å². The van der Waals surface area contributed by atoms with Gasteiger partial charge in [0.2, 0.25) is 0 Å². The SMILES string of the molecule is O=C1[C@H]2CS[C@H](c3cccc([N+](=O)[O-])c3)N2C(=S)N1c1ccc(Cl)cc1. The standard InChI is InChI=1S/C17H12ClN3O3S2/c18-11-4-6-12(7-5-11)19-15(22)14-9-26-16(20(14)17(19)25)10-2-1-3-13(8-10)21(23)24/h1-8,14,16H,9H2/t14-,16-/m1/s1. The van der Waals surface area contributed by atoms with Crippen LogP contribution < -0.4 is 4.90 Å². The summed E-state index contributed by atoms with van der Waals surface area (Å²) in [4.78, 5) is 26.9. The van der Waals surface area contributed by atoms with Crippen molar-refractivity contribution in [3.05, 3.63) is 69.2 Å². The minimum atomic E-state index is -0.423. The van der Waals surface area contributed by atoms with E-state index >= 15 is 0 Å². The van der Waals surface area contributed by atoms with Crippen molar-refractivity contribution in [2.75, 3.05) is 10.7 Å². The van der Waals surface area contributed by atoms with E-state index in [0.717, 1.165) is 5.56 Å². The summed E-state index contributed by atoms with van der Waals surface area (Å²) < 4.78 is 0. The van der Waals surface area contributed by atoms with Gasteiger partial charge in [0.25, 0.3) is 11.6 Å². The van der Waals surface area contributed by atoms with E-state index in [1.165, 1.54) is 17.0 Å². The first kappa shape index (κ1) is 17.3. The Morgan fingerprint density at radius 2 is 1.96 bits per heavy atom. The van der Waals surface area contributed by atoms with Crippen molar-refractivity contribution in [2.45, 2.75) is 11.4 Å². The van der Waals surface area contributed by atoms with Crippen molar-refractivity contribution in [1.29, 1.82) is 0 Å². The molecule has 0 spiro atoms. The molecule has 2 aliphatic heterocycles. The topological polar surface area (TPSA) is 66.7 Å². The van der Waals surface area contributed by atoms with Crippen LogP contribution >= 0.6 is 35.6 Å². The van der Waals surface area contributed by atoms with E-state index in [1.54, 1.807) is 42.1 Å². The Morgan fingerprint density at radius 1 is 1.23 bits per heavy atom. The number of rotatable bonds is 3. The number of carbonyl (C=O) groups excluding carboxylic acids is 1. The predicted octanol–water partition coefficient (Wildman–Crippen LogP) is 4.00. The van der Waals surface area contributed by atoms with E-state index in [2.05, 4.69) is 0 Å². The van der Waals surface area contributed by atoms with Crippen LogP contribution in [0, 0.1) is 10.1 Å². The van der Waals surface area contributed by atoms with Crippen LogP contribution in [0.5, 0.6) is 0 Å². The number of thioether (sulfide) groups is 1. The fraction of sp³-hybridized carbons (Fsp3) is 0.176. The van der Waals surface area contributed by atoms with Crippen LogP contribution in [0.1, 0.15) is 10.9 Å². The Hall–Kier alpha value is -2.16. The lowest BCUT2D eigenvalue weighted by molar-refractivity contribution is -0.384. The quantitative estimate of drug-likeness (QED) is 0.437. The Labute approximate surface area is 163 Å². The molecule has 2 aliphatic rings. The van der Waals surface area contributed by atoms with Crippen molar-refractivity contribution < 1.29 is 9.72 Å². The van der Waals surface area contributed by atoms with Crippen molar-refractivity contribution in [2.24, 2.45) is 0 Å². The molecule has 9 heteroatoms. The molecule has 6 nitrogen and oxygen atoms in total. The number of hydrogen-bond acceptors (Lipinski definition) is 5. The smallest absolute Gasteiger partial charge is 0.269 e. The molecule has 0 aliphatic carbocycles. The average Bonchev–Trinajstić information content (AvgIpc) is 3.17. The number of carbonyl (C=O) groups is 1. The zero-order valence-electron chi connectivity index (χ0n) is 13.2. The van der Waals surface area contributed by atoms with Crippen LogP contribution in [0.2, 0.25) is 5.02 Å². The van der Waals surface area contributed by atoms with Gasteiger partial charge < -0.3 is 4.90 Å². The Kier molecular flexibility index (Phi) is 4.34. The molecular formula is C17H12ClN3O3S2. The third-order valence-corrected chi connectivity index (χ3v) is 6.34. The maximum Gasteiger partial charge on any atom is 0.269 e. The number of thiocarbonyl (C=S) groups is 1. The largest absolute Gasteiger partial charge is 0.319 e. The lowest BCUT2D eigenvalue weighted by Crippen LogP contribution is -2.33. The molecule has 0 aromatic heterocycles. The molecule has 0 N–H and O–H groups in total. The van der Waals surface area contributed by atoms with Gasteiger partial charge >= 0.3 is 0 Å². The third kappa shape index (κ3) is 2.74. The summed E-state index contributed by atoms with van der Waals surface area (Å²) >= 11 is 13.1. The van der Waals surface area contributed by atoms with E-state index in [0.29, 0.717) is 21.6 Å². The number of anilines is 1. The Bertz CT molecular complexity index is 922. The molecule has 0 saturated carbocycles. The highest BCUT2D eigenvalue weighted by Crippen LogP contribution is 2.46. The van der Waals surface area contributed by atoms with E-state index < -0.39 is 4.92 Å². The molecule has 4 rings (SSSR count). The molecule has 26 heavy (non-hydrogen) atoms. The van der Waals surface area contributed by atoms with Gasteiger partial charge in [0.1, 0.15) is 11.4 Å². The van der Waals surface area contributed by atoms with E-state index in [9.17, 15) is 14.9 Å². The summed E-state index contributed by atoms with van der Waals surface area (Å²) in [6, 6.07) is 13.0. The molecule has 2 heterocycles. The van der Waals surface area contributed by atoms with Crippen molar-refractivity contribution in [3.63, 3.8) is 0 Å². The third-order valence-electron chi connectivity index (χ3n) is 4.37. The number of nitrogens with zero attached hydrogens (tertiary/aromatic N) is 3. The average molecular weight is 406 g/mol. The number of benzene rings is 2. The molecular weight excluding hydrogens is 394 g/mol. The van der Waals surface area contributed by atoms with Crippen molar-refractivity contribution in [3.8, 4) is 0 Å². The highest BCUT2D eigenvalue weighted by atomic mass is 35.5. The first-order valence-electron chi connectivity index (χ1n) is 7.75. The summed E-state index contributed by atoms with van der Waals surface area (Å²) in [5.74, 6) is 0.494. The molecule has 2 fully saturated rings. The summed E-state index contributed by atoms with van der Waals surface area (Å²) in [5.41, 5.74) is 1.46. The van der Waals surface area contributed by atoms with E-state index in [4.69, 9.17) is 23.8 Å². The lowest BCUT2D eigenvalue weighted by atomic mass is 10.1. The highest BCUT2D eigenvalue weighted by molar-refractivity contribution is 7.99. The van der Waals surface area contributed by atoms with Crippen LogP contribution in [0.4, 0.5) is 11.4 Å². The number of fused-ring (bicyclic) bond motifs is 1. The van der Waals surface area contributed by atoms with Crippen LogP contribution in [0.3, 0.4) is 0 Å². The van der Waals surface area contributed by atoms with Crippen LogP contribution in [0.15, 0.2) is 48.5 Å². The minimum absolute atomic E-state index is 0.0255. The van der Waals surface area contributed by atoms with Gasteiger partial charge in [-0.1, -0.05) is 23.7 Å². The van der Waals surface area contributed by atoms with Gasteiger partial charge in [0.05, 0.1) is 10.6 Å². The maximum absolute atomic E-state index is 12.9. The zero-order chi connectivity index (χ0) is 18.4. The fourth-order valence-electron chi connectivity index (χ4n) is 3.17. The number of non-ortho nitro benzene ring substituents is 1. The second kappa shape index (κ2) is 6.53. The molecule has 0 unspecified atom stereocenters. The molecule has 1 amide bonds. The molecule has 132 valence electrons. The number of amides is 1. The summed E-state index contributed by atoms with van der Waals surface area (Å²) in [7, 11) is 0. The van der Waals surface area contributed by atoms with Crippen molar-refractivity contribution in [1.82, 2.24) is 4.90 Å². The molecule has 0 bridgehead atoms. The molecule has 0 radical (unpaired) electrons. The van der Waals surface area contributed by atoms with Crippen LogP contribution in [0.25, 0.3) is 0 Å². The van der Waals surface area contributed by atoms with Crippen molar-refractivity contribution >= 4 is 58.0 Å². The Balaban J connectivity index is 1.68. The van der Waals surface area contributed by atoms with Gasteiger partial charge in [-0.05, 0) is 42.0 Å². The normalized spacial score (nSPS) is 22.0. The fourth-order valence-corrected chi connectivity index (χ4v) is 5.20. The highest BCUT2D eigenvalue weighted by Gasteiger charge is 2.50. The first-order valence-corrected chi connectivity index (χ1v) is 9.58. The van der Waals surface area contributed by atoms with Gasteiger partial charge in [0.15, 0.2) is 5.11 Å². The van der Waals surface area contributed by atoms with E-state index in [-0.39, 0.29) is 23.0 Å². The second-order valence-electron chi connectivity index (χ2n) is 5.89. The molecule has 2 aromatic rings. The molecule has 2 saturated heterocycles. The van der Waals surface area contributed by atoms with Gasteiger partial charge in [-0.25, -0.2) is 0 Å². The lowest BCUT2D eigenvalue weighted by Gasteiger charge is -2.25. The first-order chi connectivity index (χ1) is 12.5. The number of nitro benzene ring substituents is 1. The second-order valence-corrected chi connectivity index (χ2v) is 7.81. The molecule has 2 aromatic carbocycles. The number of nitro groups is 1. The Morgan fingerprint density at radius 3 is 2.65 bits per heavy atom. The van der Waals surface area contributed by atoms with Crippen LogP contribution in [-0.4, -0.2) is 32.6 Å². The summed E-state index contributed by atoms with van der Waals surface area (Å²) in [5, 5.41) is 11.8. The summed E-state index contributed by atoms with van der Waals surface area (Å²) in [6.45, 7) is 0. The molecule has 2 atom stereocenters. The monoisotopic (exact) mass is 405 g/mol. The number of hydrogen-bond donors (Lipinski definition) is 0. The van der Waals surface area contributed by atoms with E-state index in [1.807, 2.05) is 11.0 Å². The summed E-state index contributed by atoms with van der Waals surface area (Å²) in [6.07, 6.45) is 0. The van der Waals surface area contributed by atoms with Gasteiger partial charge in [-0.3, -0.25) is 19.8 Å². The minimum Gasteiger partial charge on any atom is -0.319 e. The maximum atomic E-state index is 12.9. The van der Waals surface area contributed by atoms with Gasteiger partial charge in [-0.2, -0.15) is 0 Å². The predicted molar refractivity (Wildman–Crippen MR) is 105 cm³/mol. The van der Waals surface area contributed by atoms with Gasteiger partial charge in [-0.15, -0.1) is 11.8 Å². The zero-order valence-corrected chi connectivity index (χ0v) is 15.6. The van der Waals surface area contributed by atoms with Crippen LogP contribution in [-0.2, 0) is 4.79 Å². The number of halogens is 1.